The van der Waals surface area contributed by atoms with Gasteiger partial charge in [0.2, 0.25) is 0 Å². The first-order chi connectivity index (χ1) is 9.00. The lowest BCUT2D eigenvalue weighted by Gasteiger charge is -2.30. The lowest BCUT2D eigenvalue weighted by atomic mass is 9.86. The van der Waals surface area contributed by atoms with E-state index in [4.69, 9.17) is 0 Å². The van der Waals surface area contributed by atoms with Gasteiger partial charge in [0, 0.05) is 5.16 Å². The van der Waals surface area contributed by atoms with Gasteiger partial charge in [0.15, 0.2) is 8.03 Å². The first kappa shape index (κ1) is 19.2. The zero-order valence-corrected chi connectivity index (χ0v) is 14.5. The van der Waals surface area contributed by atoms with E-state index in [1.54, 1.807) is 0 Å². The second-order valence-corrected chi connectivity index (χ2v) is 8.11. The molecule has 0 aromatic carbocycles. The smallest absolute Gasteiger partial charge is 0.194 e. The van der Waals surface area contributed by atoms with Crippen LogP contribution in [0.5, 0.6) is 0 Å². The fourth-order valence-electron chi connectivity index (χ4n) is 2.82. The van der Waals surface area contributed by atoms with Gasteiger partial charge in [0.05, 0.1) is 0 Å². The van der Waals surface area contributed by atoms with E-state index in [-0.39, 0.29) is 5.16 Å². The summed E-state index contributed by atoms with van der Waals surface area (Å²) in [5, 5.41) is -0.327. The highest BCUT2D eigenvalue weighted by atomic mass is 31.1. The average Bonchev–Trinajstić information content (AvgIpc) is 2.39. The molecule has 0 saturated carbocycles. The molecule has 116 valence electrons. The average molecular weight is 290 g/mol. The van der Waals surface area contributed by atoms with Gasteiger partial charge in [-0.15, -0.1) is 0 Å². The molecule has 0 fully saturated rings. The lowest BCUT2D eigenvalue weighted by Crippen LogP contribution is -2.24. The fourth-order valence-corrected chi connectivity index (χ4v) is 3.67. The summed E-state index contributed by atoms with van der Waals surface area (Å²) in [6.45, 7) is 8.67. The SMILES string of the molecule is CCCCCCC(C)(CC(CC)CCCC)[PH](=O)O. The minimum atomic E-state index is -2.44. The molecule has 3 heteroatoms. The summed E-state index contributed by atoms with van der Waals surface area (Å²) in [5.74, 6) is 0.622. The van der Waals surface area contributed by atoms with E-state index in [9.17, 15) is 9.46 Å². The van der Waals surface area contributed by atoms with Crippen molar-refractivity contribution in [2.24, 2.45) is 5.92 Å². The molecule has 0 aliphatic carbocycles. The predicted octanol–water partition coefficient (Wildman–Crippen LogP) is 5.79. The van der Waals surface area contributed by atoms with Crippen molar-refractivity contribution in [2.75, 3.05) is 0 Å². The molecule has 0 aromatic rings. The topological polar surface area (TPSA) is 37.3 Å². The third kappa shape index (κ3) is 8.15. The Morgan fingerprint density at radius 3 is 2.16 bits per heavy atom. The summed E-state index contributed by atoms with van der Waals surface area (Å²) in [7, 11) is -2.44. The number of unbranched alkanes of at least 4 members (excludes halogenated alkanes) is 4. The Morgan fingerprint density at radius 2 is 1.68 bits per heavy atom. The number of hydrogen-bond acceptors (Lipinski definition) is 1. The van der Waals surface area contributed by atoms with Crippen molar-refractivity contribution < 1.29 is 9.46 Å². The van der Waals surface area contributed by atoms with Crippen LogP contribution in [0, 0.1) is 5.92 Å². The Morgan fingerprint density at radius 1 is 1.05 bits per heavy atom. The van der Waals surface area contributed by atoms with Gasteiger partial charge in [-0.1, -0.05) is 79.1 Å². The molecule has 0 aliphatic rings. The van der Waals surface area contributed by atoms with E-state index in [2.05, 4.69) is 20.8 Å². The van der Waals surface area contributed by atoms with Gasteiger partial charge < -0.3 is 4.89 Å². The van der Waals surface area contributed by atoms with Crippen LogP contribution in [0.25, 0.3) is 0 Å². The van der Waals surface area contributed by atoms with E-state index < -0.39 is 8.03 Å². The summed E-state index contributed by atoms with van der Waals surface area (Å²) < 4.78 is 11.8. The molecule has 0 bridgehead atoms. The molecule has 1 N–H and O–H groups in total. The fraction of sp³-hybridized carbons (Fsp3) is 1.00. The Kier molecular flexibility index (Phi) is 11.0. The highest BCUT2D eigenvalue weighted by molar-refractivity contribution is 7.40. The quantitative estimate of drug-likeness (QED) is 0.365. The monoisotopic (exact) mass is 290 g/mol. The van der Waals surface area contributed by atoms with Crippen LogP contribution in [0.4, 0.5) is 0 Å². The number of rotatable bonds is 12. The van der Waals surface area contributed by atoms with Crippen molar-refractivity contribution in [1.82, 2.24) is 0 Å². The molecule has 0 amide bonds. The minimum Gasteiger partial charge on any atom is -0.346 e. The Balaban J connectivity index is 4.37. The standard InChI is InChI=1S/C16H35O2P/c1-5-8-10-11-13-16(4,19(17)18)14-15(7-3)12-9-6-2/h15,19H,5-14H2,1-4H3,(H,17,18). The summed E-state index contributed by atoms with van der Waals surface area (Å²) in [5.41, 5.74) is 0. The molecule has 0 saturated heterocycles. The van der Waals surface area contributed by atoms with Crippen molar-refractivity contribution in [3.63, 3.8) is 0 Å². The minimum absolute atomic E-state index is 0.327. The Labute approximate surface area is 121 Å². The second-order valence-electron chi connectivity index (χ2n) is 6.30. The maximum Gasteiger partial charge on any atom is 0.194 e. The van der Waals surface area contributed by atoms with Crippen molar-refractivity contribution in [2.45, 2.75) is 97.1 Å². The van der Waals surface area contributed by atoms with Gasteiger partial charge in [-0.2, -0.15) is 0 Å². The van der Waals surface area contributed by atoms with E-state index >= 15 is 0 Å². The predicted molar refractivity (Wildman–Crippen MR) is 86.3 cm³/mol. The molecule has 0 aromatic heterocycles. The van der Waals surface area contributed by atoms with Crippen LogP contribution in [-0.2, 0) is 4.57 Å². The Bertz CT molecular complexity index is 243. The molecule has 3 unspecified atom stereocenters. The highest BCUT2D eigenvalue weighted by Gasteiger charge is 2.32. The van der Waals surface area contributed by atoms with Crippen LogP contribution in [0.1, 0.15) is 91.9 Å². The molecule has 3 atom stereocenters. The van der Waals surface area contributed by atoms with Gasteiger partial charge in [0.1, 0.15) is 0 Å². The van der Waals surface area contributed by atoms with E-state index in [1.807, 2.05) is 6.92 Å². The summed E-state index contributed by atoms with van der Waals surface area (Å²) >= 11 is 0. The molecule has 2 nitrogen and oxygen atoms in total. The number of hydrogen-bond donors (Lipinski definition) is 1. The van der Waals surface area contributed by atoms with Crippen LogP contribution >= 0.6 is 8.03 Å². The summed E-state index contributed by atoms with van der Waals surface area (Å²) in [4.78, 5) is 9.74. The summed E-state index contributed by atoms with van der Waals surface area (Å²) in [6.07, 6.45) is 11.4. The molecule has 0 spiro atoms. The van der Waals surface area contributed by atoms with Crippen LogP contribution in [-0.4, -0.2) is 10.0 Å². The van der Waals surface area contributed by atoms with Crippen molar-refractivity contribution in [3.8, 4) is 0 Å². The van der Waals surface area contributed by atoms with Crippen molar-refractivity contribution >= 4 is 8.03 Å². The zero-order valence-electron chi connectivity index (χ0n) is 13.5. The zero-order chi connectivity index (χ0) is 14.7. The second kappa shape index (κ2) is 10.9. The first-order valence-electron chi connectivity index (χ1n) is 8.23. The van der Waals surface area contributed by atoms with Crippen molar-refractivity contribution in [3.05, 3.63) is 0 Å². The van der Waals surface area contributed by atoms with E-state index in [0.29, 0.717) is 5.92 Å². The maximum absolute atomic E-state index is 11.8. The van der Waals surface area contributed by atoms with Crippen LogP contribution in [0.2, 0.25) is 0 Å². The largest absolute Gasteiger partial charge is 0.346 e. The molecule has 0 aliphatic heterocycles. The first-order valence-corrected chi connectivity index (χ1v) is 9.59. The highest BCUT2D eigenvalue weighted by Crippen LogP contribution is 2.45. The molecular weight excluding hydrogens is 255 g/mol. The van der Waals surface area contributed by atoms with Gasteiger partial charge in [-0.3, -0.25) is 4.57 Å². The van der Waals surface area contributed by atoms with Crippen molar-refractivity contribution in [1.29, 1.82) is 0 Å². The molecule has 0 radical (unpaired) electrons. The summed E-state index contributed by atoms with van der Waals surface area (Å²) in [6, 6.07) is 0. The third-order valence-electron chi connectivity index (χ3n) is 4.38. The van der Waals surface area contributed by atoms with Gasteiger partial charge >= 0.3 is 0 Å². The van der Waals surface area contributed by atoms with E-state index in [1.165, 1.54) is 38.5 Å². The molecule has 0 heterocycles. The van der Waals surface area contributed by atoms with Gasteiger partial charge in [-0.25, -0.2) is 0 Å². The van der Waals surface area contributed by atoms with Crippen LogP contribution in [0.15, 0.2) is 0 Å². The molecular formula is C16H35O2P. The van der Waals surface area contributed by atoms with Crippen LogP contribution in [0.3, 0.4) is 0 Å². The maximum atomic E-state index is 11.8. The third-order valence-corrected chi connectivity index (χ3v) is 5.87. The Hall–Kier alpha value is 0.190. The lowest BCUT2D eigenvalue weighted by molar-refractivity contribution is 0.330. The van der Waals surface area contributed by atoms with Crippen LogP contribution < -0.4 is 0 Å². The normalized spacial score (nSPS) is 17.9. The van der Waals surface area contributed by atoms with Gasteiger partial charge in [-0.05, 0) is 18.8 Å². The molecule has 0 rings (SSSR count). The van der Waals surface area contributed by atoms with E-state index in [0.717, 1.165) is 25.7 Å². The van der Waals surface area contributed by atoms with Gasteiger partial charge in [0.25, 0.3) is 0 Å². The molecule has 19 heavy (non-hydrogen) atoms.